The third-order valence-electron chi connectivity index (χ3n) is 5.47. The molecule has 1 fully saturated rings. The molecule has 1 N–H and O–H groups in total. The monoisotopic (exact) mass is 568 g/mol. The van der Waals surface area contributed by atoms with E-state index in [0.29, 0.717) is 29.2 Å². The molecule has 1 aromatic heterocycles. The second-order valence-electron chi connectivity index (χ2n) is 7.75. The third kappa shape index (κ3) is 4.69. The van der Waals surface area contributed by atoms with Crippen molar-refractivity contribution in [3.63, 3.8) is 0 Å². The van der Waals surface area contributed by atoms with E-state index in [9.17, 15) is 19.5 Å². The first-order valence-electron chi connectivity index (χ1n) is 10.7. The number of carbonyl (C=O) groups is 3. The first-order chi connectivity index (χ1) is 17.3. The fourth-order valence-corrected chi connectivity index (χ4v) is 5.24. The number of aliphatic hydroxyl groups is 1. The zero-order valence-electron chi connectivity index (χ0n) is 19.4. The SMILES string of the molecule is C=CCOc1ccc(/C(O)=C2\C(=O)C(=O)N(c3nc(C)c(C(=O)OC)s3)C2c2cccc(Br)c2)cc1. The van der Waals surface area contributed by atoms with E-state index in [-0.39, 0.29) is 21.3 Å². The van der Waals surface area contributed by atoms with Gasteiger partial charge in [0.15, 0.2) is 5.13 Å². The molecule has 4 rings (SSSR count). The number of aliphatic hydroxyl groups excluding tert-OH is 1. The van der Waals surface area contributed by atoms with E-state index in [2.05, 4.69) is 27.5 Å². The number of nitrogens with zero attached hydrogens (tertiary/aromatic N) is 2. The van der Waals surface area contributed by atoms with Gasteiger partial charge in [-0.05, 0) is 48.9 Å². The number of halogens is 1. The number of carbonyl (C=O) groups excluding carboxylic acids is 3. The molecule has 0 spiro atoms. The minimum Gasteiger partial charge on any atom is -0.507 e. The maximum Gasteiger partial charge on any atom is 0.350 e. The minimum atomic E-state index is -0.977. The summed E-state index contributed by atoms with van der Waals surface area (Å²) < 4.78 is 11.0. The van der Waals surface area contributed by atoms with Crippen LogP contribution >= 0.6 is 27.3 Å². The summed E-state index contributed by atoms with van der Waals surface area (Å²) in [7, 11) is 1.25. The van der Waals surface area contributed by atoms with E-state index in [4.69, 9.17) is 9.47 Å². The summed E-state index contributed by atoms with van der Waals surface area (Å²) in [5.41, 5.74) is 1.19. The molecule has 184 valence electrons. The molecular weight excluding hydrogens is 548 g/mol. The van der Waals surface area contributed by atoms with Gasteiger partial charge in [-0.3, -0.25) is 14.5 Å². The summed E-state index contributed by atoms with van der Waals surface area (Å²) in [5, 5.41) is 11.4. The largest absolute Gasteiger partial charge is 0.507 e. The van der Waals surface area contributed by atoms with E-state index < -0.39 is 23.7 Å². The molecule has 3 aromatic rings. The number of hydrogen-bond acceptors (Lipinski definition) is 8. The second-order valence-corrected chi connectivity index (χ2v) is 9.64. The Labute approximate surface area is 219 Å². The number of benzene rings is 2. The van der Waals surface area contributed by atoms with Crippen LogP contribution in [0.25, 0.3) is 5.76 Å². The topological polar surface area (TPSA) is 106 Å². The molecule has 1 unspecified atom stereocenters. The van der Waals surface area contributed by atoms with Gasteiger partial charge in [-0.25, -0.2) is 9.78 Å². The van der Waals surface area contributed by atoms with E-state index in [1.165, 1.54) is 12.0 Å². The lowest BCUT2D eigenvalue weighted by Crippen LogP contribution is -2.29. The first-order valence-corrected chi connectivity index (χ1v) is 12.3. The lowest BCUT2D eigenvalue weighted by Gasteiger charge is -2.23. The fourth-order valence-electron chi connectivity index (χ4n) is 3.81. The smallest absolute Gasteiger partial charge is 0.350 e. The summed E-state index contributed by atoms with van der Waals surface area (Å²) in [6, 6.07) is 12.6. The summed E-state index contributed by atoms with van der Waals surface area (Å²) >= 11 is 4.37. The van der Waals surface area contributed by atoms with Crippen LogP contribution in [-0.4, -0.2) is 41.5 Å². The first kappa shape index (κ1) is 25.3. The summed E-state index contributed by atoms with van der Waals surface area (Å²) in [4.78, 5) is 44.6. The van der Waals surface area contributed by atoms with Crippen molar-refractivity contribution in [3.8, 4) is 5.75 Å². The molecule has 1 aliphatic heterocycles. The van der Waals surface area contributed by atoms with Crippen molar-refractivity contribution in [1.82, 2.24) is 4.98 Å². The maximum atomic E-state index is 13.3. The van der Waals surface area contributed by atoms with Gasteiger partial charge >= 0.3 is 11.9 Å². The number of rotatable bonds is 7. The van der Waals surface area contributed by atoms with Crippen molar-refractivity contribution in [2.75, 3.05) is 18.6 Å². The van der Waals surface area contributed by atoms with Crippen molar-refractivity contribution < 1.29 is 29.0 Å². The highest BCUT2D eigenvalue weighted by Crippen LogP contribution is 2.44. The Morgan fingerprint density at radius 3 is 2.61 bits per heavy atom. The van der Waals surface area contributed by atoms with E-state index in [0.717, 1.165) is 15.8 Å². The van der Waals surface area contributed by atoms with Crippen molar-refractivity contribution in [2.24, 2.45) is 0 Å². The number of aryl methyl sites for hydroxylation is 1. The minimum absolute atomic E-state index is 0.0923. The Morgan fingerprint density at radius 2 is 1.97 bits per heavy atom. The van der Waals surface area contributed by atoms with Crippen LogP contribution in [-0.2, 0) is 14.3 Å². The van der Waals surface area contributed by atoms with Crippen molar-refractivity contribution in [2.45, 2.75) is 13.0 Å². The van der Waals surface area contributed by atoms with Crippen LogP contribution in [0, 0.1) is 6.92 Å². The van der Waals surface area contributed by atoms with E-state index >= 15 is 0 Å². The van der Waals surface area contributed by atoms with E-state index in [1.807, 2.05) is 0 Å². The molecule has 0 saturated carbocycles. The number of amides is 1. The lowest BCUT2D eigenvalue weighted by atomic mass is 9.95. The molecule has 36 heavy (non-hydrogen) atoms. The molecular formula is C26H21BrN2O6S. The van der Waals surface area contributed by atoms with Crippen LogP contribution in [0.3, 0.4) is 0 Å². The summed E-state index contributed by atoms with van der Waals surface area (Å²) in [6.45, 7) is 5.54. The van der Waals surface area contributed by atoms with Gasteiger partial charge in [-0.15, -0.1) is 0 Å². The second kappa shape index (κ2) is 10.5. The zero-order chi connectivity index (χ0) is 26.0. The van der Waals surface area contributed by atoms with Crippen molar-refractivity contribution in [1.29, 1.82) is 0 Å². The molecule has 2 heterocycles. The number of methoxy groups -OCH3 is 1. The van der Waals surface area contributed by atoms with Gasteiger partial charge in [0.05, 0.1) is 24.4 Å². The van der Waals surface area contributed by atoms with Crippen molar-refractivity contribution >= 4 is 55.8 Å². The number of Topliss-reactive ketones (excluding diaryl/α,β-unsaturated/α-hetero) is 1. The Hall–Kier alpha value is -3.76. The Kier molecular flexibility index (Phi) is 7.37. The van der Waals surface area contributed by atoms with Gasteiger partial charge in [-0.2, -0.15) is 0 Å². The standard InChI is InChI=1S/C26H21BrN2O6S/c1-4-12-35-18-10-8-15(9-11-18)21(30)19-20(16-6-5-7-17(27)13-16)29(24(32)22(19)31)26-28-14(2)23(36-26)25(33)34-3/h4-11,13,20,30H,1,12H2,2-3H3/b21-19+. The van der Waals surface area contributed by atoms with Crippen LogP contribution in [0.2, 0.25) is 0 Å². The Morgan fingerprint density at radius 1 is 1.25 bits per heavy atom. The van der Waals surface area contributed by atoms with Crippen LogP contribution in [0.5, 0.6) is 5.75 Å². The number of ether oxygens (including phenoxy) is 2. The van der Waals surface area contributed by atoms with Gasteiger partial charge in [0, 0.05) is 10.0 Å². The Balaban J connectivity index is 1.87. The molecule has 0 aliphatic carbocycles. The molecule has 1 amide bonds. The fraction of sp³-hybridized carbons (Fsp3) is 0.154. The summed E-state index contributed by atoms with van der Waals surface area (Å²) in [5.74, 6) is -2.10. The van der Waals surface area contributed by atoms with Crippen LogP contribution in [0.4, 0.5) is 5.13 Å². The van der Waals surface area contributed by atoms with Gasteiger partial charge in [0.2, 0.25) is 0 Å². The highest BCUT2D eigenvalue weighted by atomic mass is 79.9. The number of ketones is 1. The highest BCUT2D eigenvalue weighted by molar-refractivity contribution is 9.10. The number of thiazole rings is 1. The van der Waals surface area contributed by atoms with Gasteiger partial charge in [0.25, 0.3) is 5.78 Å². The average Bonchev–Trinajstić information content (AvgIpc) is 3.38. The van der Waals surface area contributed by atoms with Crippen LogP contribution < -0.4 is 9.64 Å². The van der Waals surface area contributed by atoms with E-state index in [1.54, 1.807) is 61.5 Å². The van der Waals surface area contributed by atoms with Crippen molar-refractivity contribution in [3.05, 3.63) is 92.9 Å². The third-order valence-corrected chi connectivity index (χ3v) is 7.10. The Bertz CT molecular complexity index is 1400. The number of anilines is 1. The molecule has 1 atom stereocenters. The molecule has 8 nitrogen and oxygen atoms in total. The highest BCUT2D eigenvalue weighted by Gasteiger charge is 2.48. The molecule has 1 aliphatic rings. The number of hydrogen-bond donors (Lipinski definition) is 1. The predicted molar refractivity (Wildman–Crippen MR) is 139 cm³/mol. The van der Waals surface area contributed by atoms with Gasteiger partial charge in [-0.1, -0.05) is 52.1 Å². The lowest BCUT2D eigenvalue weighted by molar-refractivity contribution is -0.132. The average molecular weight is 569 g/mol. The van der Waals surface area contributed by atoms with Gasteiger partial charge in [0.1, 0.15) is 23.0 Å². The molecule has 10 heteroatoms. The quantitative estimate of drug-likeness (QED) is 0.137. The number of esters is 1. The molecule has 1 saturated heterocycles. The van der Waals surface area contributed by atoms with Crippen LogP contribution in [0.1, 0.15) is 32.5 Å². The normalized spacial score (nSPS) is 16.8. The summed E-state index contributed by atoms with van der Waals surface area (Å²) in [6.07, 6.45) is 1.61. The zero-order valence-corrected chi connectivity index (χ0v) is 21.8. The predicted octanol–water partition coefficient (Wildman–Crippen LogP) is 5.19. The number of aromatic nitrogens is 1. The molecule has 0 bridgehead atoms. The molecule has 2 aromatic carbocycles. The van der Waals surface area contributed by atoms with Gasteiger partial charge < -0.3 is 14.6 Å². The molecule has 0 radical (unpaired) electrons. The van der Waals surface area contributed by atoms with Crippen LogP contribution in [0.15, 0.2) is 71.2 Å². The maximum absolute atomic E-state index is 13.3.